The van der Waals surface area contributed by atoms with E-state index < -0.39 is 10.0 Å². The first-order valence-electron chi connectivity index (χ1n) is 10.5. The minimum absolute atomic E-state index is 0.0570. The summed E-state index contributed by atoms with van der Waals surface area (Å²) in [5.41, 5.74) is 0. The third kappa shape index (κ3) is 6.06. The van der Waals surface area contributed by atoms with Crippen molar-refractivity contribution in [2.75, 3.05) is 52.1 Å². The van der Waals surface area contributed by atoms with E-state index in [-0.39, 0.29) is 18.5 Å². The van der Waals surface area contributed by atoms with Crippen LogP contribution in [-0.2, 0) is 14.8 Å². The van der Waals surface area contributed by atoms with Crippen LogP contribution in [0.3, 0.4) is 0 Å². The van der Waals surface area contributed by atoms with Gasteiger partial charge in [0.05, 0.1) is 18.5 Å². The van der Waals surface area contributed by atoms with Gasteiger partial charge in [-0.2, -0.15) is 4.31 Å². The largest absolute Gasteiger partial charge is 0.378 e. The van der Waals surface area contributed by atoms with Crippen LogP contribution in [-0.4, -0.2) is 81.8 Å². The van der Waals surface area contributed by atoms with Crippen molar-refractivity contribution >= 4 is 16.0 Å². The zero-order chi connectivity index (χ0) is 19.4. The molecule has 0 aromatic carbocycles. The minimum Gasteiger partial charge on any atom is -0.378 e. The zero-order valence-electron chi connectivity index (χ0n) is 17.1. The van der Waals surface area contributed by atoms with Gasteiger partial charge in [-0.25, -0.2) is 8.42 Å². The standard InChI is InChI=1S/C19H36N4O3S/c1-15(2)26-12-13-27(24,25)23-10-8-22(9-11-23)19(20-3)21-14-18(16-4-5-16)17-6-7-17/h15-18H,4-14H2,1-3H3,(H,20,21). The maximum atomic E-state index is 12.5. The van der Waals surface area contributed by atoms with Gasteiger partial charge in [0.1, 0.15) is 0 Å². The van der Waals surface area contributed by atoms with Crippen LogP contribution in [0.1, 0.15) is 39.5 Å². The number of guanidine groups is 1. The number of hydrogen-bond acceptors (Lipinski definition) is 4. The molecule has 3 fully saturated rings. The Kier molecular flexibility index (Phi) is 7.03. The normalized spacial score (nSPS) is 22.7. The summed E-state index contributed by atoms with van der Waals surface area (Å²) in [6.45, 7) is 7.49. The van der Waals surface area contributed by atoms with Crippen molar-refractivity contribution in [3.8, 4) is 0 Å². The first-order chi connectivity index (χ1) is 12.9. The Morgan fingerprint density at radius 2 is 1.70 bits per heavy atom. The summed E-state index contributed by atoms with van der Waals surface area (Å²) in [5, 5.41) is 3.57. The third-order valence-corrected chi connectivity index (χ3v) is 7.72. The number of piperazine rings is 1. The lowest BCUT2D eigenvalue weighted by molar-refractivity contribution is 0.0904. The molecule has 3 aliphatic rings. The molecular formula is C19H36N4O3S. The number of nitrogens with zero attached hydrogens (tertiary/aromatic N) is 3. The summed E-state index contributed by atoms with van der Waals surface area (Å²) in [6.07, 6.45) is 5.61. The van der Waals surface area contributed by atoms with Crippen LogP contribution in [0.15, 0.2) is 4.99 Å². The molecule has 27 heavy (non-hydrogen) atoms. The smallest absolute Gasteiger partial charge is 0.216 e. The Balaban J connectivity index is 1.44. The van der Waals surface area contributed by atoms with Crippen molar-refractivity contribution in [2.45, 2.75) is 45.6 Å². The van der Waals surface area contributed by atoms with E-state index in [1.807, 2.05) is 20.9 Å². The molecule has 0 amide bonds. The molecule has 0 radical (unpaired) electrons. The van der Waals surface area contributed by atoms with Crippen molar-refractivity contribution in [1.82, 2.24) is 14.5 Å². The topological polar surface area (TPSA) is 74.2 Å². The van der Waals surface area contributed by atoms with Crippen LogP contribution in [0.4, 0.5) is 0 Å². The van der Waals surface area contributed by atoms with Gasteiger partial charge in [0, 0.05) is 39.8 Å². The van der Waals surface area contributed by atoms with Crippen molar-refractivity contribution < 1.29 is 13.2 Å². The Morgan fingerprint density at radius 3 is 2.19 bits per heavy atom. The number of aliphatic imine (C=N–C) groups is 1. The summed E-state index contributed by atoms with van der Waals surface area (Å²) in [5.74, 6) is 3.60. The second kappa shape index (κ2) is 9.09. The van der Waals surface area contributed by atoms with Crippen molar-refractivity contribution in [3.05, 3.63) is 0 Å². The molecule has 0 aromatic rings. The summed E-state index contributed by atoms with van der Waals surface area (Å²) < 4.78 is 31.9. The minimum atomic E-state index is -3.25. The Hall–Kier alpha value is -0.860. The first kappa shape index (κ1) is 20.9. The lowest BCUT2D eigenvalue weighted by Gasteiger charge is -2.36. The van der Waals surface area contributed by atoms with Gasteiger partial charge in [-0.1, -0.05) is 0 Å². The molecule has 3 rings (SSSR count). The fraction of sp³-hybridized carbons (Fsp3) is 0.947. The number of rotatable bonds is 9. The number of ether oxygens (including phenoxy) is 1. The van der Waals surface area contributed by atoms with Crippen LogP contribution in [0.5, 0.6) is 0 Å². The summed E-state index contributed by atoms with van der Waals surface area (Å²) in [7, 11) is -1.43. The van der Waals surface area contributed by atoms with Gasteiger partial charge in [-0.15, -0.1) is 0 Å². The molecule has 2 saturated carbocycles. The predicted octanol–water partition coefficient (Wildman–Crippen LogP) is 1.37. The molecule has 7 nitrogen and oxygen atoms in total. The number of nitrogens with one attached hydrogen (secondary N) is 1. The van der Waals surface area contributed by atoms with Crippen molar-refractivity contribution in [1.29, 1.82) is 0 Å². The lowest BCUT2D eigenvalue weighted by Crippen LogP contribution is -2.54. The van der Waals surface area contributed by atoms with Gasteiger partial charge >= 0.3 is 0 Å². The second-order valence-corrected chi connectivity index (χ2v) is 10.5. The Morgan fingerprint density at radius 1 is 1.11 bits per heavy atom. The van der Waals surface area contributed by atoms with E-state index in [9.17, 15) is 8.42 Å². The highest BCUT2D eigenvalue weighted by Gasteiger charge is 2.41. The summed E-state index contributed by atoms with van der Waals surface area (Å²) >= 11 is 0. The van der Waals surface area contributed by atoms with E-state index >= 15 is 0 Å². The van der Waals surface area contributed by atoms with E-state index in [0.717, 1.165) is 30.3 Å². The monoisotopic (exact) mass is 400 g/mol. The molecule has 0 spiro atoms. The van der Waals surface area contributed by atoms with Crippen LogP contribution < -0.4 is 5.32 Å². The predicted molar refractivity (Wildman–Crippen MR) is 108 cm³/mol. The maximum Gasteiger partial charge on any atom is 0.216 e. The molecule has 0 bridgehead atoms. The molecule has 1 heterocycles. The number of hydrogen-bond donors (Lipinski definition) is 1. The van der Waals surface area contributed by atoms with E-state index in [1.54, 1.807) is 4.31 Å². The highest BCUT2D eigenvalue weighted by Crippen LogP contribution is 2.48. The van der Waals surface area contributed by atoms with Gasteiger partial charge in [-0.3, -0.25) is 4.99 Å². The van der Waals surface area contributed by atoms with E-state index in [0.29, 0.717) is 26.2 Å². The van der Waals surface area contributed by atoms with Gasteiger partial charge in [-0.05, 0) is 57.3 Å². The van der Waals surface area contributed by atoms with Crippen molar-refractivity contribution in [3.63, 3.8) is 0 Å². The first-order valence-corrected chi connectivity index (χ1v) is 12.1. The van der Waals surface area contributed by atoms with Gasteiger partial charge in [0.25, 0.3) is 0 Å². The molecule has 1 aliphatic heterocycles. The molecule has 0 atom stereocenters. The highest BCUT2D eigenvalue weighted by molar-refractivity contribution is 7.89. The molecular weight excluding hydrogens is 364 g/mol. The second-order valence-electron chi connectivity index (χ2n) is 8.39. The summed E-state index contributed by atoms with van der Waals surface area (Å²) in [4.78, 5) is 6.63. The zero-order valence-corrected chi connectivity index (χ0v) is 17.9. The van der Waals surface area contributed by atoms with Crippen LogP contribution >= 0.6 is 0 Å². The molecule has 1 saturated heterocycles. The molecule has 2 aliphatic carbocycles. The molecule has 8 heteroatoms. The Bertz CT molecular complexity index is 594. The average molecular weight is 401 g/mol. The fourth-order valence-electron chi connectivity index (χ4n) is 4.00. The average Bonchev–Trinajstić information content (AvgIpc) is 3.53. The molecule has 156 valence electrons. The van der Waals surface area contributed by atoms with Gasteiger partial charge in [0.15, 0.2) is 5.96 Å². The van der Waals surface area contributed by atoms with E-state index in [1.165, 1.54) is 25.7 Å². The Labute approximate surface area is 164 Å². The SMILES string of the molecule is CN=C(NCC(C1CC1)C1CC1)N1CCN(S(=O)(=O)CCOC(C)C)CC1. The number of sulfonamides is 1. The van der Waals surface area contributed by atoms with Crippen LogP contribution in [0, 0.1) is 17.8 Å². The lowest BCUT2D eigenvalue weighted by atomic mass is 9.98. The molecule has 1 N–H and O–H groups in total. The third-order valence-electron chi connectivity index (χ3n) is 5.89. The quantitative estimate of drug-likeness (QED) is 0.467. The highest BCUT2D eigenvalue weighted by atomic mass is 32.2. The van der Waals surface area contributed by atoms with Crippen LogP contribution in [0.25, 0.3) is 0 Å². The van der Waals surface area contributed by atoms with Gasteiger partial charge < -0.3 is 15.0 Å². The maximum absolute atomic E-state index is 12.5. The van der Waals surface area contributed by atoms with Crippen molar-refractivity contribution in [2.24, 2.45) is 22.7 Å². The van der Waals surface area contributed by atoms with Crippen LogP contribution in [0.2, 0.25) is 0 Å². The fourth-order valence-corrected chi connectivity index (χ4v) is 5.29. The molecule has 0 aromatic heterocycles. The molecule has 0 unspecified atom stereocenters. The van der Waals surface area contributed by atoms with E-state index in [2.05, 4.69) is 15.2 Å². The van der Waals surface area contributed by atoms with Gasteiger partial charge in [0.2, 0.25) is 10.0 Å². The van der Waals surface area contributed by atoms with E-state index in [4.69, 9.17) is 4.74 Å². The summed E-state index contributed by atoms with van der Waals surface area (Å²) in [6, 6.07) is 0.